The molecule has 1 heterocycles. The molecule has 0 saturated carbocycles. The van der Waals surface area contributed by atoms with Crippen molar-refractivity contribution in [3.05, 3.63) is 53.3 Å². The Labute approximate surface area is 106 Å². The average molecular weight is 273 g/mol. The van der Waals surface area contributed by atoms with Crippen LogP contribution in [0.3, 0.4) is 0 Å². The molecular formula is C12H6ClF3NO. The van der Waals surface area contributed by atoms with Gasteiger partial charge in [-0.05, 0) is 30.3 Å². The van der Waals surface area contributed by atoms with Crippen molar-refractivity contribution in [1.82, 2.24) is 4.98 Å². The third-order valence-electron chi connectivity index (χ3n) is 2.01. The molecule has 0 aliphatic carbocycles. The number of ether oxygens (including phenoxy) is 1. The Morgan fingerprint density at radius 2 is 1.94 bits per heavy atom. The maximum Gasteiger partial charge on any atom is 0.417 e. The summed E-state index contributed by atoms with van der Waals surface area (Å²) < 4.78 is 42.6. The second-order valence-corrected chi connectivity index (χ2v) is 3.74. The molecule has 1 aromatic carbocycles. The van der Waals surface area contributed by atoms with Gasteiger partial charge in [-0.2, -0.15) is 13.2 Å². The standard InChI is InChI=1S/C12H6ClF3NO/c13-11-5-4-10(7-17-11)18-9-3-1-2-8(6-9)12(14,15)16/h1,3-7H. The summed E-state index contributed by atoms with van der Waals surface area (Å²) in [6, 6.07) is 8.50. The van der Waals surface area contributed by atoms with Crippen LogP contribution in [0.2, 0.25) is 5.15 Å². The van der Waals surface area contributed by atoms with Crippen LogP contribution in [0.1, 0.15) is 5.56 Å². The fraction of sp³-hybridized carbons (Fsp3) is 0.0833. The van der Waals surface area contributed by atoms with E-state index in [9.17, 15) is 13.2 Å². The molecule has 0 aliphatic heterocycles. The highest BCUT2D eigenvalue weighted by Gasteiger charge is 2.30. The lowest BCUT2D eigenvalue weighted by Crippen LogP contribution is -2.04. The van der Waals surface area contributed by atoms with Crippen LogP contribution in [0.4, 0.5) is 13.2 Å². The lowest BCUT2D eigenvalue weighted by molar-refractivity contribution is -0.137. The Kier molecular flexibility index (Phi) is 3.43. The molecule has 0 atom stereocenters. The van der Waals surface area contributed by atoms with Gasteiger partial charge in [-0.3, -0.25) is 0 Å². The Morgan fingerprint density at radius 1 is 1.17 bits per heavy atom. The zero-order valence-electron chi connectivity index (χ0n) is 8.83. The SMILES string of the molecule is FC(F)(F)c1[c]ccc(Oc2ccc(Cl)nc2)c1. The zero-order chi connectivity index (χ0) is 13.2. The van der Waals surface area contributed by atoms with Crippen LogP contribution in [0, 0.1) is 6.07 Å². The van der Waals surface area contributed by atoms with Gasteiger partial charge in [0.25, 0.3) is 0 Å². The van der Waals surface area contributed by atoms with E-state index in [2.05, 4.69) is 11.1 Å². The molecule has 0 amide bonds. The van der Waals surface area contributed by atoms with Crippen LogP contribution < -0.4 is 4.74 Å². The minimum atomic E-state index is -4.45. The molecule has 0 bridgehead atoms. The van der Waals surface area contributed by atoms with E-state index in [4.69, 9.17) is 16.3 Å². The van der Waals surface area contributed by atoms with Gasteiger partial charge in [0.15, 0.2) is 0 Å². The zero-order valence-corrected chi connectivity index (χ0v) is 9.59. The third-order valence-corrected chi connectivity index (χ3v) is 2.24. The minimum Gasteiger partial charge on any atom is -0.456 e. The maximum absolute atomic E-state index is 12.4. The number of hydrogen-bond donors (Lipinski definition) is 0. The van der Waals surface area contributed by atoms with Crippen molar-refractivity contribution in [3.63, 3.8) is 0 Å². The summed E-state index contributed by atoms with van der Waals surface area (Å²) >= 11 is 5.58. The summed E-state index contributed by atoms with van der Waals surface area (Å²) in [5.74, 6) is 0.365. The number of aromatic nitrogens is 1. The summed E-state index contributed by atoms with van der Waals surface area (Å²) in [6.45, 7) is 0. The monoisotopic (exact) mass is 272 g/mol. The Morgan fingerprint density at radius 3 is 2.56 bits per heavy atom. The van der Waals surface area contributed by atoms with E-state index in [1.54, 1.807) is 0 Å². The second-order valence-electron chi connectivity index (χ2n) is 3.35. The van der Waals surface area contributed by atoms with E-state index < -0.39 is 11.7 Å². The molecular weight excluding hydrogens is 267 g/mol. The molecule has 1 aromatic heterocycles. The molecule has 93 valence electrons. The number of benzene rings is 1. The molecule has 1 radical (unpaired) electrons. The van der Waals surface area contributed by atoms with Gasteiger partial charge in [-0.1, -0.05) is 17.7 Å². The van der Waals surface area contributed by atoms with Crippen molar-refractivity contribution in [3.8, 4) is 11.5 Å². The van der Waals surface area contributed by atoms with Gasteiger partial charge < -0.3 is 4.74 Å². The summed E-state index contributed by atoms with van der Waals surface area (Å²) in [5, 5.41) is 0.278. The van der Waals surface area contributed by atoms with E-state index in [0.717, 1.165) is 12.1 Å². The first-order chi connectivity index (χ1) is 8.45. The van der Waals surface area contributed by atoms with Gasteiger partial charge >= 0.3 is 6.18 Å². The molecule has 0 spiro atoms. The quantitative estimate of drug-likeness (QED) is 0.759. The van der Waals surface area contributed by atoms with Crippen molar-refractivity contribution >= 4 is 11.6 Å². The lowest BCUT2D eigenvalue weighted by atomic mass is 10.2. The van der Waals surface area contributed by atoms with Crippen LogP contribution in [-0.4, -0.2) is 4.98 Å². The normalized spacial score (nSPS) is 11.3. The van der Waals surface area contributed by atoms with E-state index in [1.165, 1.54) is 24.4 Å². The smallest absolute Gasteiger partial charge is 0.417 e. The fourth-order valence-electron chi connectivity index (χ4n) is 1.23. The van der Waals surface area contributed by atoms with Crippen molar-refractivity contribution in [2.45, 2.75) is 6.18 Å². The topological polar surface area (TPSA) is 22.1 Å². The summed E-state index contributed by atoms with van der Waals surface area (Å²) in [4.78, 5) is 3.76. The molecule has 2 aromatic rings. The maximum atomic E-state index is 12.4. The Bertz CT molecular complexity index is 540. The first-order valence-electron chi connectivity index (χ1n) is 4.83. The van der Waals surface area contributed by atoms with Gasteiger partial charge in [-0.15, -0.1) is 0 Å². The van der Waals surface area contributed by atoms with E-state index >= 15 is 0 Å². The predicted molar refractivity (Wildman–Crippen MR) is 59.6 cm³/mol. The molecule has 18 heavy (non-hydrogen) atoms. The van der Waals surface area contributed by atoms with Gasteiger partial charge in [-0.25, -0.2) is 4.98 Å². The Balaban J connectivity index is 2.22. The number of rotatable bonds is 2. The number of halogens is 4. The van der Waals surface area contributed by atoms with Gasteiger partial charge in [0, 0.05) is 0 Å². The molecule has 0 aliphatic rings. The molecule has 2 rings (SSSR count). The number of nitrogens with zero attached hydrogens (tertiary/aromatic N) is 1. The molecule has 0 saturated heterocycles. The lowest BCUT2D eigenvalue weighted by Gasteiger charge is -2.09. The molecule has 0 unspecified atom stereocenters. The molecule has 0 fully saturated rings. The summed E-state index contributed by atoms with van der Waals surface area (Å²) in [5.41, 5.74) is -0.887. The molecule has 2 nitrogen and oxygen atoms in total. The van der Waals surface area contributed by atoms with Crippen molar-refractivity contribution < 1.29 is 17.9 Å². The van der Waals surface area contributed by atoms with Crippen molar-refractivity contribution in [2.75, 3.05) is 0 Å². The highest BCUT2D eigenvalue weighted by molar-refractivity contribution is 6.29. The number of hydrogen-bond acceptors (Lipinski definition) is 2. The van der Waals surface area contributed by atoms with Gasteiger partial charge in [0.1, 0.15) is 16.7 Å². The van der Waals surface area contributed by atoms with Crippen LogP contribution in [-0.2, 0) is 6.18 Å². The van der Waals surface area contributed by atoms with Crippen molar-refractivity contribution in [1.29, 1.82) is 0 Å². The largest absolute Gasteiger partial charge is 0.456 e. The van der Waals surface area contributed by atoms with E-state index in [0.29, 0.717) is 5.75 Å². The van der Waals surface area contributed by atoms with Gasteiger partial charge in [0.2, 0.25) is 0 Å². The van der Waals surface area contributed by atoms with E-state index in [-0.39, 0.29) is 10.9 Å². The summed E-state index contributed by atoms with van der Waals surface area (Å²) in [6.07, 6.45) is -3.12. The average Bonchev–Trinajstić information content (AvgIpc) is 2.31. The molecule has 0 N–H and O–H groups in total. The number of pyridine rings is 1. The third kappa shape index (κ3) is 3.13. The fourth-order valence-corrected chi connectivity index (χ4v) is 1.34. The minimum absolute atomic E-state index is 0.0604. The van der Waals surface area contributed by atoms with Gasteiger partial charge in [0.05, 0.1) is 11.8 Å². The molecule has 6 heteroatoms. The van der Waals surface area contributed by atoms with Crippen LogP contribution in [0.25, 0.3) is 0 Å². The number of alkyl halides is 3. The highest BCUT2D eigenvalue weighted by Crippen LogP contribution is 2.32. The first-order valence-corrected chi connectivity index (χ1v) is 5.21. The highest BCUT2D eigenvalue weighted by atomic mass is 35.5. The van der Waals surface area contributed by atoms with Crippen LogP contribution in [0.15, 0.2) is 36.5 Å². The van der Waals surface area contributed by atoms with Crippen LogP contribution >= 0.6 is 11.6 Å². The summed E-state index contributed by atoms with van der Waals surface area (Å²) in [7, 11) is 0. The van der Waals surface area contributed by atoms with Crippen LogP contribution in [0.5, 0.6) is 11.5 Å². The van der Waals surface area contributed by atoms with Crippen molar-refractivity contribution in [2.24, 2.45) is 0 Å². The second kappa shape index (κ2) is 4.86. The Hall–Kier alpha value is -1.75. The van der Waals surface area contributed by atoms with E-state index in [1.807, 2.05) is 0 Å². The first kappa shape index (κ1) is 12.7. The predicted octanol–water partition coefficient (Wildman–Crippen LogP) is 4.35.